The number of benzene rings is 1. The zero-order valence-corrected chi connectivity index (χ0v) is 16.6. The van der Waals surface area contributed by atoms with Gasteiger partial charge >= 0.3 is 5.97 Å². The molecule has 1 aliphatic heterocycles. The van der Waals surface area contributed by atoms with Gasteiger partial charge in [-0.2, -0.15) is 0 Å². The number of aliphatic imine (C=N–C) groups is 1. The fraction of sp³-hybridized carbons (Fsp3) is 0.300. The molecule has 0 N–H and O–H groups in total. The zero-order valence-electron chi connectivity index (χ0n) is 15.7. The van der Waals surface area contributed by atoms with Gasteiger partial charge in [-0.25, -0.2) is 22.5 Å². The van der Waals surface area contributed by atoms with E-state index in [0.717, 1.165) is 16.5 Å². The molecule has 1 aromatic heterocycles. The van der Waals surface area contributed by atoms with Gasteiger partial charge in [0.2, 0.25) is 15.9 Å². The molecular formula is C20H20N2O5S. The SMILES string of the molecule is C[C@H]1C[C@H]1c1ccc(/C=C2\N=C(c3cccc(S(=O)(=O)N(C)C)c3)OC2=O)o1. The van der Waals surface area contributed by atoms with Crippen molar-refractivity contribution in [1.82, 2.24) is 4.31 Å². The third-order valence-electron chi connectivity index (χ3n) is 4.88. The molecular weight excluding hydrogens is 380 g/mol. The number of cyclic esters (lactones) is 1. The Morgan fingerprint density at radius 1 is 1.21 bits per heavy atom. The van der Waals surface area contributed by atoms with E-state index < -0.39 is 16.0 Å². The Hall–Kier alpha value is -2.71. The summed E-state index contributed by atoms with van der Waals surface area (Å²) in [6.07, 6.45) is 2.65. The normalized spacial score (nSPS) is 23.2. The first kappa shape index (κ1) is 18.6. The first-order chi connectivity index (χ1) is 13.3. The molecule has 2 aliphatic rings. The minimum atomic E-state index is -3.60. The van der Waals surface area contributed by atoms with Crippen LogP contribution < -0.4 is 0 Å². The second-order valence-electron chi connectivity index (χ2n) is 7.21. The highest BCUT2D eigenvalue weighted by molar-refractivity contribution is 7.89. The molecule has 0 amide bonds. The Morgan fingerprint density at radius 2 is 1.96 bits per heavy atom. The van der Waals surface area contributed by atoms with Gasteiger partial charge in [0.25, 0.3) is 0 Å². The summed E-state index contributed by atoms with van der Waals surface area (Å²) >= 11 is 0. The molecule has 4 rings (SSSR count). The Morgan fingerprint density at radius 3 is 2.64 bits per heavy atom. The van der Waals surface area contributed by atoms with Crippen LogP contribution in [0.3, 0.4) is 0 Å². The highest BCUT2D eigenvalue weighted by Crippen LogP contribution is 2.47. The largest absolute Gasteiger partial charge is 0.461 e. The lowest BCUT2D eigenvalue weighted by Crippen LogP contribution is -2.22. The molecule has 0 radical (unpaired) electrons. The lowest BCUT2D eigenvalue weighted by atomic mass is 10.2. The standard InChI is InChI=1S/C20H20N2O5S/c1-12-9-16(12)18-8-7-14(26-18)11-17-20(23)27-19(21-17)13-5-4-6-15(10-13)28(24,25)22(2)3/h4-8,10-12,16H,9H2,1-3H3/b17-11-/t12-,16+/m0/s1. The van der Waals surface area contributed by atoms with Gasteiger partial charge in [0.15, 0.2) is 5.70 Å². The molecule has 28 heavy (non-hydrogen) atoms. The van der Waals surface area contributed by atoms with Crippen molar-refractivity contribution in [3.8, 4) is 0 Å². The van der Waals surface area contributed by atoms with Crippen LogP contribution in [0, 0.1) is 5.92 Å². The maximum Gasteiger partial charge on any atom is 0.363 e. The summed E-state index contributed by atoms with van der Waals surface area (Å²) in [7, 11) is -0.692. The summed E-state index contributed by atoms with van der Waals surface area (Å²) in [5.41, 5.74) is 0.521. The number of furan rings is 1. The number of hydrogen-bond acceptors (Lipinski definition) is 6. The lowest BCUT2D eigenvalue weighted by Gasteiger charge is -2.11. The van der Waals surface area contributed by atoms with Crippen molar-refractivity contribution >= 4 is 28.0 Å². The van der Waals surface area contributed by atoms with E-state index in [1.165, 1.54) is 32.3 Å². The van der Waals surface area contributed by atoms with Crippen molar-refractivity contribution in [2.24, 2.45) is 10.9 Å². The number of esters is 1. The third kappa shape index (κ3) is 3.41. The highest BCUT2D eigenvalue weighted by atomic mass is 32.2. The quantitative estimate of drug-likeness (QED) is 0.569. The predicted molar refractivity (Wildman–Crippen MR) is 103 cm³/mol. The minimum Gasteiger partial charge on any atom is -0.461 e. The number of nitrogens with zero attached hydrogens (tertiary/aromatic N) is 2. The molecule has 146 valence electrons. The molecule has 1 saturated carbocycles. The molecule has 2 aromatic rings. The Labute approximate surface area is 163 Å². The molecule has 2 atom stereocenters. The molecule has 0 saturated heterocycles. The Balaban J connectivity index is 1.62. The summed E-state index contributed by atoms with van der Waals surface area (Å²) in [6.45, 7) is 2.17. The van der Waals surface area contributed by atoms with E-state index in [9.17, 15) is 13.2 Å². The van der Waals surface area contributed by atoms with Crippen LogP contribution >= 0.6 is 0 Å². The van der Waals surface area contributed by atoms with Gasteiger partial charge in [0.05, 0.1) is 4.90 Å². The van der Waals surface area contributed by atoms with E-state index in [-0.39, 0.29) is 16.5 Å². The van der Waals surface area contributed by atoms with Gasteiger partial charge in [-0.1, -0.05) is 13.0 Å². The fourth-order valence-electron chi connectivity index (χ4n) is 3.03. The average Bonchev–Trinajstić information content (AvgIpc) is 3.04. The summed E-state index contributed by atoms with van der Waals surface area (Å²) in [6, 6.07) is 9.86. The zero-order chi connectivity index (χ0) is 20.1. The number of rotatable bonds is 5. The molecule has 0 spiro atoms. The summed E-state index contributed by atoms with van der Waals surface area (Å²) in [5.74, 6) is 1.98. The Bertz CT molecular complexity index is 1110. The van der Waals surface area contributed by atoms with Crippen LogP contribution in [0.1, 0.15) is 36.3 Å². The first-order valence-corrected chi connectivity index (χ1v) is 10.3. The second-order valence-corrected chi connectivity index (χ2v) is 9.36. The van der Waals surface area contributed by atoms with Crippen molar-refractivity contribution < 1.29 is 22.4 Å². The van der Waals surface area contributed by atoms with Crippen molar-refractivity contribution in [2.75, 3.05) is 14.1 Å². The van der Waals surface area contributed by atoms with E-state index in [4.69, 9.17) is 9.15 Å². The number of hydrogen-bond donors (Lipinski definition) is 0. The van der Waals surface area contributed by atoms with Crippen molar-refractivity contribution in [1.29, 1.82) is 0 Å². The molecule has 0 bridgehead atoms. The monoisotopic (exact) mass is 400 g/mol. The topological polar surface area (TPSA) is 89.2 Å². The van der Waals surface area contributed by atoms with E-state index >= 15 is 0 Å². The van der Waals surface area contributed by atoms with E-state index in [1.807, 2.05) is 6.07 Å². The van der Waals surface area contributed by atoms with Crippen LogP contribution in [0.5, 0.6) is 0 Å². The maximum atomic E-state index is 12.3. The third-order valence-corrected chi connectivity index (χ3v) is 6.69. The molecule has 8 heteroatoms. The van der Waals surface area contributed by atoms with E-state index in [0.29, 0.717) is 23.2 Å². The summed E-state index contributed by atoms with van der Waals surface area (Å²) < 4.78 is 36.8. The van der Waals surface area contributed by atoms with Crippen LogP contribution in [-0.4, -0.2) is 38.7 Å². The smallest absolute Gasteiger partial charge is 0.363 e. The molecule has 7 nitrogen and oxygen atoms in total. The summed E-state index contributed by atoms with van der Waals surface area (Å²) in [5, 5.41) is 0. The second kappa shape index (κ2) is 6.72. The Kier molecular flexibility index (Phi) is 4.47. The molecule has 1 aliphatic carbocycles. The predicted octanol–water partition coefficient (Wildman–Crippen LogP) is 3.00. The molecule has 1 aromatic carbocycles. The molecule has 2 heterocycles. The van der Waals surface area contributed by atoms with Crippen LogP contribution in [-0.2, 0) is 19.6 Å². The highest BCUT2D eigenvalue weighted by Gasteiger charge is 2.36. The van der Waals surface area contributed by atoms with Crippen molar-refractivity contribution in [3.05, 3.63) is 59.2 Å². The molecule has 1 fully saturated rings. The van der Waals surface area contributed by atoms with Crippen LogP contribution in [0.25, 0.3) is 6.08 Å². The number of carbonyl (C=O) groups is 1. The van der Waals surface area contributed by atoms with Crippen molar-refractivity contribution in [3.63, 3.8) is 0 Å². The first-order valence-electron chi connectivity index (χ1n) is 8.91. The van der Waals surface area contributed by atoms with Gasteiger partial charge < -0.3 is 9.15 Å². The average molecular weight is 400 g/mol. The summed E-state index contributed by atoms with van der Waals surface area (Å²) in [4.78, 5) is 16.5. The fourth-order valence-corrected chi connectivity index (χ4v) is 3.98. The van der Waals surface area contributed by atoms with Gasteiger partial charge in [-0.05, 0) is 42.7 Å². The number of carbonyl (C=O) groups excluding carboxylic acids is 1. The van der Waals surface area contributed by atoms with Crippen LogP contribution in [0.15, 0.2) is 56.4 Å². The van der Waals surface area contributed by atoms with E-state index in [2.05, 4.69) is 11.9 Å². The lowest BCUT2D eigenvalue weighted by molar-refractivity contribution is -0.129. The van der Waals surface area contributed by atoms with Gasteiger partial charge in [0.1, 0.15) is 11.5 Å². The van der Waals surface area contributed by atoms with Crippen LogP contribution in [0.2, 0.25) is 0 Å². The number of sulfonamides is 1. The van der Waals surface area contributed by atoms with Gasteiger partial charge in [0, 0.05) is 31.7 Å². The molecule has 0 unspecified atom stereocenters. The van der Waals surface area contributed by atoms with Crippen LogP contribution in [0.4, 0.5) is 0 Å². The van der Waals surface area contributed by atoms with Gasteiger partial charge in [-0.15, -0.1) is 0 Å². The number of ether oxygens (including phenoxy) is 1. The maximum absolute atomic E-state index is 12.3. The minimum absolute atomic E-state index is 0.0645. The van der Waals surface area contributed by atoms with Crippen molar-refractivity contribution in [2.45, 2.75) is 24.2 Å². The van der Waals surface area contributed by atoms with E-state index in [1.54, 1.807) is 18.2 Å². The van der Waals surface area contributed by atoms with Gasteiger partial charge in [-0.3, -0.25) is 0 Å².